The molecule has 0 spiro atoms. The minimum absolute atomic E-state index is 0.641. The number of benzene rings is 8. The van der Waals surface area contributed by atoms with Gasteiger partial charge in [0.05, 0.1) is 0 Å². The van der Waals surface area contributed by atoms with Gasteiger partial charge in [-0.15, -0.1) is 11.3 Å². The minimum atomic E-state index is 0.641. The van der Waals surface area contributed by atoms with Gasteiger partial charge in [0.15, 0.2) is 17.5 Å². The van der Waals surface area contributed by atoms with E-state index >= 15 is 0 Å². The van der Waals surface area contributed by atoms with Gasteiger partial charge in [0, 0.05) is 53.2 Å². The quantitative estimate of drug-likeness (QED) is 0.171. The van der Waals surface area contributed by atoms with Gasteiger partial charge >= 0.3 is 0 Å². The highest BCUT2D eigenvalue weighted by Gasteiger charge is 2.19. The average Bonchev–Trinajstić information content (AvgIpc) is 3.85. The largest absolute Gasteiger partial charge is 0.456 e. The minimum Gasteiger partial charge on any atom is -0.456 e. The molecule has 0 saturated carbocycles. The van der Waals surface area contributed by atoms with Crippen LogP contribution in [0.2, 0.25) is 0 Å². The molecule has 262 valence electrons. The monoisotopic (exact) mass is 733 g/mol. The molecule has 56 heavy (non-hydrogen) atoms. The SMILES string of the molecule is c1ccc(-c2ccc(-c3nc(-c4ccccc4)nc(-c4ccc5c(c4)sc4c(-c6cc(-c7ccccc7)cc7oc8ccccc8c67)cccc45)n3)cc2)cc1. The number of rotatable bonds is 6. The molecule has 4 nitrogen and oxygen atoms in total. The van der Waals surface area contributed by atoms with E-state index in [9.17, 15) is 0 Å². The maximum absolute atomic E-state index is 6.51. The number of hydrogen-bond acceptors (Lipinski definition) is 5. The summed E-state index contributed by atoms with van der Waals surface area (Å²) in [7, 11) is 0. The van der Waals surface area contributed by atoms with E-state index < -0.39 is 0 Å². The van der Waals surface area contributed by atoms with Crippen molar-refractivity contribution < 1.29 is 4.42 Å². The second kappa shape index (κ2) is 13.3. The molecule has 8 aromatic carbocycles. The van der Waals surface area contributed by atoms with E-state index in [1.807, 2.05) is 53.8 Å². The Balaban J connectivity index is 1.07. The summed E-state index contributed by atoms with van der Waals surface area (Å²) in [6.07, 6.45) is 0. The molecule has 3 heterocycles. The molecular weight excluding hydrogens is 703 g/mol. The van der Waals surface area contributed by atoms with Crippen molar-refractivity contribution in [3.05, 3.63) is 188 Å². The van der Waals surface area contributed by atoms with E-state index in [1.165, 1.54) is 31.3 Å². The summed E-state index contributed by atoms with van der Waals surface area (Å²) in [5.74, 6) is 1.93. The fourth-order valence-corrected chi connectivity index (χ4v) is 9.08. The number of nitrogens with zero attached hydrogens (tertiary/aromatic N) is 3. The first-order chi connectivity index (χ1) is 27.7. The highest BCUT2D eigenvalue weighted by molar-refractivity contribution is 7.26. The molecule has 0 fully saturated rings. The van der Waals surface area contributed by atoms with Crippen LogP contribution in [0.25, 0.3) is 110 Å². The molecule has 0 atom stereocenters. The van der Waals surface area contributed by atoms with Crippen LogP contribution in [-0.2, 0) is 0 Å². The Morgan fingerprint density at radius 3 is 1.59 bits per heavy atom. The summed E-state index contributed by atoms with van der Waals surface area (Å²) in [6.45, 7) is 0. The van der Waals surface area contributed by atoms with Crippen molar-refractivity contribution >= 4 is 53.4 Å². The Hall–Kier alpha value is -7.21. The Kier molecular flexibility index (Phi) is 7.64. The van der Waals surface area contributed by atoms with Crippen molar-refractivity contribution in [3.8, 4) is 67.5 Å². The van der Waals surface area contributed by atoms with E-state index in [2.05, 4.69) is 146 Å². The first-order valence-electron chi connectivity index (χ1n) is 18.7. The standard InChI is InChI=1S/C51H31N3OS/c1-4-13-32(14-5-1)34-23-25-36(26-24-34)50-52-49(35-17-8-3-9-18-35)53-51(54-50)37-27-28-39-40-20-12-21-41(48(40)56-46(39)31-37)43-29-38(33-15-6-2-7-16-33)30-45-47(43)42-19-10-11-22-44(42)55-45/h1-31H. The van der Waals surface area contributed by atoms with E-state index in [0.29, 0.717) is 17.5 Å². The zero-order valence-corrected chi connectivity index (χ0v) is 30.9. The molecule has 0 aliphatic carbocycles. The number of hydrogen-bond donors (Lipinski definition) is 0. The first-order valence-corrected chi connectivity index (χ1v) is 19.5. The van der Waals surface area contributed by atoms with Gasteiger partial charge in [0.25, 0.3) is 0 Å². The summed E-state index contributed by atoms with van der Waals surface area (Å²) in [6, 6.07) is 65.6. The normalized spacial score (nSPS) is 11.6. The van der Waals surface area contributed by atoms with Crippen LogP contribution >= 0.6 is 11.3 Å². The zero-order chi connectivity index (χ0) is 37.0. The number of fused-ring (bicyclic) bond motifs is 6. The molecule has 0 aliphatic rings. The zero-order valence-electron chi connectivity index (χ0n) is 30.1. The van der Waals surface area contributed by atoms with Gasteiger partial charge < -0.3 is 4.42 Å². The molecule has 0 saturated heterocycles. The molecule has 3 aromatic heterocycles. The lowest BCUT2D eigenvalue weighted by molar-refractivity contribution is 0.669. The van der Waals surface area contributed by atoms with Gasteiger partial charge in [0.1, 0.15) is 11.2 Å². The molecule has 0 radical (unpaired) electrons. The van der Waals surface area contributed by atoms with Crippen molar-refractivity contribution in [2.24, 2.45) is 0 Å². The average molecular weight is 734 g/mol. The predicted molar refractivity (Wildman–Crippen MR) is 233 cm³/mol. The third-order valence-corrected chi connectivity index (χ3v) is 11.8. The van der Waals surface area contributed by atoms with Crippen LogP contribution in [-0.4, -0.2) is 15.0 Å². The van der Waals surface area contributed by atoms with Crippen molar-refractivity contribution in [1.29, 1.82) is 0 Å². The van der Waals surface area contributed by atoms with Crippen LogP contribution in [0.4, 0.5) is 0 Å². The Bertz CT molecular complexity index is 3230. The molecule has 0 aliphatic heterocycles. The molecule has 5 heteroatoms. The maximum atomic E-state index is 6.51. The number of aromatic nitrogens is 3. The summed E-state index contributed by atoms with van der Waals surface area (Å²) >= 11 is 1.81. The molecule has 0 bridgehead atoms. The summed E-state index contributed by atoms with van der Waals surface area (Å²) in [5, 5.41) is 4.68. The Morgan fingerprint density at radius 2 is 0.875 bits per heavy atom. The van der Waals surface area contributed by atoms with Crippen LogP contribution in [0.15, 0.2) is 192 Å². The fraction of sp³-hybridized carbons (Fsp3) is 0. The van der Waals surface area contributed by atoms with Gasteiger partial charge in [-0.3, -0.25) is 0 Å². The predicted octanol–water partition coefficient (Wildman–Crippen LogP) is 14.1. The number of thiophene rings is 1. The molecule has 11 rings (SSSR count). The van der Waals surface area contributed by atoms with Crippen LogP contribution in [0.1, 0.15) is 0 Å². The van der Waals surface area contributed by atoms with Crippen LogP contribution in [0.5, 0.6) is 0 Å². The van der Waals surface area contributed by atoms with Crippen LogP contribution < -0.4 is 0 Å². The second-order valence-electron chi connectivity index (χ2n) is 14.0. The van der Waals surface area contributed by atoms with Crippen molar-refractivity contribution in [3.63, 3.8) is 0 Å². The van der Waals surface area contributed by atoms with Crippen LogP contribution in [0, 0.1) is 0 Å². The fourth-order valence-electron chi connectivity index (χ4n) is 7.81. The molecule has 0 N–H and O–H groups in total. The number of furan rings is 1. The van der Waals surface area contributed by atoms with E-state index in [1.54, 1.807) is 0 Å². The highest BCUT2D eigenvalue weighted by atomic mass is 32.1. The summed E-state index contributed by atoms with van der Waals surface area (Å²) in [5.41, 5.74) is 11.6. The first kappa shape index (κ1) is 32.2. The van der Waals surface area contributed by atoms with Gasteiger partial charge in [-0.1, -0.05) is 164 Å². The third kappa shape index (κ3) is 5.56. The van der Waals surface area contributed by atoms with E-state index in [-0.39, 0.29) is 0 Å². The lowest BCUT2D eigenvalue weighted by atomic mass is 9.93. The van der Waals surface area contributed by atoms with Crippen molar-refractivity contribution in [2.75, 3.05) is 0 Å². The molecule has 0 amide bonds. The van der Waals surface area contributed by atoms with E-state index in [0.717, 1.165) is 60.9 Å². The Morgan fingerprint density at radius 1 is 0.339 bits per heavy atom. The maximum Gasteiger partial charge on any atom is 0.164 e. The molecular formula is C51H31N3OS. The van der Waals surface area contributed by atoms with Gasteiger partial charge in [-0.2, -0.15) is 0 Å². The van der Waals surface area contributed by atoms with Gasteiger partial charge in [-0.05, 0) is 52.1 Å². The smallest absolute Gasteiger partial charge is 0.164 e. The third-order valence-electron chi connectivity index (χ3n) is 10.6. The van der Waals surface area contributed by atoms with Gasteiger partial charge in [0.2, 0.25) is 0 Å². The van der Waals surface area contributed by atoms with E-state index in [4.69, 9.17) is 19.4 Å². The van der Waals surface area contributed by atoms with Gasteiger partial charge in [-0.25, -0.2) is 15.0 Å². The summed E-state index contributed by atoms with van der Waals surface area (Å²) < 4.78 is 8.91. The highest BCUT2D eigenvalue weighted by Crippen LogP contribution is 2.46. The second-order valence-corrected chi connectivity index (χ2v) is 15.0. The summed E-state index contributed by atoms with van der Waals surface area (Å²) in [4.78, 5) is 15.1. The number of para-hydroxylation sites is 1. The molecule has 0 unspecified atom stereocenters. The lowest BCUT2D eigenvalue weighted by Gasteiger charge is -2.10. The Labute approximate surface area is 327 Å². The van der Waals surface area contributed by atoms with Crippen LogP contribution in [0.3, 0.4) is 0 Å². The molecule has 11 aromatic rings. The topological polar surface area (TPSA) is 51.8 Å². The lowest BCUT2D eigenvalue weighted by Crippen LogP contribution is -2.00. The van der Waals surface area contributed by atoms with Crippen molar-refractivity contribution in [1.82, 2.24) is 15.0 Å². The van der Waals surface area contributed by atoms with Crippen molar-refractivity contribution in [2.45, 2.75) is 0 Å².